The van der Waals surface area contributed by atoms with Gasteiger partial charge in [0.1, 0.15) is 5.82 Å². The summed E-state index contributed by atoms with van der Waals surface area (Å²) in [5, 5.41) is 8.65. The van der Waals surface area contributed by atoms with Crippen molar-refractivity contribution in [3.8, 4) is 0 Å². The van der Waals surface area contributed by atoms with Gasteiger partial charge in [0.25, 0.3) is 5.78 Å². The van der Waals surface area contributed by atoms with Crippen molar-refractivity contribution in [3.63, 3.8) is 0 Å². The lowest BCUT2D eigenvalue weighted by Crippen LogP contribution is -2.14. The third-order valence-corrected chi connectivity index (χ3v) is 1.96. The lowest BCUT2D eigenvalue weighted by atomic mass is 10.0. The van der Waals surface area contributed by atoms with Crippen molar-refractivity contribution in [2.24, 2.45) is 0 Å². The lowest BCUT2D eigenvalue weighted by molar-refractivity contribution is -0.146. The van der Waals surface area contributed by atoms with Crippen LogP contribution in [0.4, 0.5) is 4.39 Å². The highest BCUT2D eigenvalue weighted by molar-refractivity contribution is 6.51. The molecule has 1 aromatic rings. The topological polar surface area (TPSA) is 63.6 Å². The minimum atomic E-state index is -1.58. The predicted octanol–water partition coefficient (Wildman–Crippen LogP) is 1.86. The summed E-state index contributed by atoms with van der Waals surface area (Å²) in [6.07, 6.45) is 1.07. The predicted molar refractivity (Wildman–Crippen MR) is 58.6 cm³/mol. The van der Waals surface area contributed by atoms with Gasteiger partial charge in [-0.1, -0.05) is 12.1 Å². The Hall–Kier alpha value is -2.17. The van der Waals surface area contributed by atoms with Crippen molar-refractivity contribution in [3.05, 3.63) is 41.9 Å². The standard InChI is InChI=1S/C12H11FO4/c1-2-17-7-10(11(14)12(15)16)8-3-5-9(13)6-4-8/h3-7H,2H2,1H3,(H,15,16)/b10-7+. The van der Waals surface area contributed by atoms with Gasteiger partial charge in [-0.3, -0.25) is 4.79 Å². The van der Waals surface area contributed by atoms with E-state index in [1.54, 1.807) is 6.92 Å². The van der Waals surface area contributed by atoms with Crippen molar-refractivity contribution < 1.29 is 23.8 Å². The molecule has 1 N–H and O–H groups in total. The molecule has 0 aliphatic carbocycles. The third-order valence-electron chi connectivity index (χ3n) is 1.96. The first-order valence-corrected chi connectivity index (χ1v) is 4.91. The summed E-state index contributed by atoms with van der Waals surface area (Å²) in [6.45, 7) is 2.00. The van der Waals surface area contributed by atoms with Crippen molar-refractivity contribution in [2.45, 2.75) is 6.92 Å². The van der Waals surface area contributed by atoms with Crippen molar-refractivity contribution in [2.75, 3.05) is 6.61 Å². The zero-order valence-electron chi connectivity index (χ0n) is 9.14. The number of hydrogen-bond acceptors (Lipinski definition) is 3. The van der Waals surface area contributed by atoms with Crippen LogP contribution in [-0.4, -0.2) is 23.5 Å². The van der Waals surface area contributed by atoms with Gasteiger partial charge in [0, 0.05) is 0 Å². The monoisotopic (exact) mass is 238 g/mol. The summed E-state index contributed by atoms with van der Waals surface area (Å²) < 4.78 is 17.6. The van der Waals surface area contributed by atoms with Gasteiger partial charge in [0.05, 0.1) is 18.4 Å². The summed E-state index contributed by atoms with van der Waals surface area (Å²) in [5.41, 5.74) is 0.187. The molecule has 0 radical (unpaired) electrons. The Balaban J connectivity index is 3.10. The summed E-state index contributed by atoms with van der Waals surface area (Å²) in [7, 11) is 0. The normalized spacial score (nSPS) is 11.1. The maximum absolute atomic E-state index is 12.7. The number of halogens is 1. The van der Waals surface area contributed by atoms with Crippen LogP contribution < -0.4 is 0 Å². The summed E-state index contributed by atoms with van der Waals surface area (Å²) in [5.74, 6) is -3.14. The molecule has 0 saturated heterocycles. The fourth-order valence-electron chi connectivity index (χ4n) is 1.16. The molecule has 1 rings (SSSR count). The smallest absolute Gasteiger partial charge is 0.377 e. The minimum Gasteiger partial charge on any atom is -0.501 e. The maximum atomic E-state index is 12.7. The first-order chi connectivity index (χ1) is 8.06. The Morgan fingerprint density at radius 2 is 1.94 bits per heavy atom. The van der Waals surface area contributed by atoms with Crippen LogP contribution >= 0.6 is 0 Å². The number of carbonyl (C=O) groups is 2. The molecule has 0 heterocycles. The Morgan fingerprint density at radius 1 is 1.35 bits per heavy atom. The van der Waals surface area contributed by atoms with E-state index in [-0.39, 0.29) is 5.57 Å². The molecule has 0 spiro atoms. The second-order valence-electron chi connectivity index (χ2n) is 3.13. The van der Waals surface area contributed by atoms with Gasteiger partial charge in [-0.2, -0.15) is 0 Å². The first-order valence-electron chi connectivity index (χ1n) is 4.91. The number of Topliss-reactive ketones (excluding diaryl/α,β-unsaturated/α-hetero) is 1. The zero-order chi connectivity index (χ0) is 12.8. The van der Waals surface area contributed by atoms with E-state index in [1.165, 1.54) is 12.1 Å². The highest BCUT2D eigenvalue weighted by atomic mass is 19.1. The van der Waals surface area contributed by atoms with Crippen LogP contribution in [0.1, 0.15) is 12.5 Å². The third kappa shape index (κ3) is 3.41. The van der Waals surface area contributed by atoms with Crippen LogP contribution in [0.2, 0.25) is 0 Å². The van der Waals surface area contributed by atoms with Crippen LogP contribution in [-0.2, 0) is 14.3 Å². The van der Waals surface area contributed by atoms with Crippen LogP contribution in [0.15, 0.2) is 30.5 Å². The van der Waals surface area contributed by atoms with E-state index in [4.69, 9.17) is 9.84 Å². The second kappa shape index (κ2) is 5.79. The van der Waals surface area contributed by atoms with Crippen molar-refractivity contribution in [1.29, 1.82) is 0 Å². The minimum absolute atomic E-state index is 0.112. The average molecular weight is 238 g/mol. The molecule has 0 saturated carbocycles. The van der Waals surface area contributed by atoms with E-state index in [0.29, 0.717) is 12.2 Å². The SMILES string of the molecule is CCO/C=C(/C(=O)C(=O)O)c1ccc(F)cc1. The molecule has 0 fully saturated rings. The Labute approximate surface area is 97.3 Å². The van der Waals surface area contributed by atoms with E-state index in [0.717, 1.165) is 18.4 Å². The van der Waals surface area contributed by atoms with E-state index in [9.17, 15) is 14.0 Å². The van der Waals surface area contributed by atoms with Crippen molar-refractivity contribution >= 4 is 17.3 Å². The molecule has 17 heavy (non-hydrogen) atoms. The number of carbonyl (C=O) groups excluding carboxylic acids is 1. The summed E-state index contributed by atoms with van der Waals surface area (Å²) in [4.78, 5) is 22.0. The second-order valence-corrected chi connectivity index (χ2v) is 3.13. The first kappa shape index (κ1) is 12.9. The number of aliphatic carboxylic acids is 1. The fourth-order valence-corrected chi connectivity index (χ4v) is 1.16. The number of carboxylic acid groups (broad SMARTS) is 1. The highest BCUT2D eigenvalue weighted by Gasteiger charge is 2.19. The molecule has 4 nitrogen and oxygen atoms in total. The fraction of sp³-hybridized carbons (Fsp3) is 0.167. The molecular weight excluding hydrogens is 227 g/mol. The van der Waals surface area contributed by atoms with E-state index in [1.807, 2.05) is 0 Å². The Morgan fingerprint density at radius 3 is 2.41 bits per heavy atom. The van der Waals surface area contributed by atoms with Gasteiger partial charge >= 0.3 is 5.97 Å². The number of hydrogen-bond donors (Lipinski definition) is 1. The summed E-state index contributed by atoms with van der Waals surface area (Å²) >= 11 is 0. The van der Waals surface area contributed by atoms with Crippen LogP contribution in [0, 0.1) is 5.82 Å². The van der Waals surface area contributed by atoms with Gasteiger partial charge in [-0.05, 0) is 24.6 Å². The quantitative estimate of drug-likeness (QED) is 0.483. The lowest BCUT2D eigenvalue weighted by Gasteiger charge is -2.04. The van der Waals surface area contributed by atoms with Crippen LogP contribution in [0.3, 0.4) is 0 Å². The molecule has 0 aliphatic heterocycles. The van der Waals surface area contributed by atoms with E-state index in [2.05, 4.69) is 0 Å². The molecule has 0 amide bonds. The number of ether oxygens (including phenoxy) is 1. The van der Waals surface area contributed by atoms with Crippen LogP contribution in [0.25, 0.3) is 5.57 Å². The Bertz CT molecular complexity index is 448. The number of benzene rings is 1. The molecule has 0 atom stereocenters. The molecule has 0 bridgehead atoms. The largest absolute Gasteiger partial charge is 0.501 e. The van der Waals surface area contributed by atoms with Crippen molar-refractivity contribution in [1.82, 2.24) is 0 Å². The van der Waals surface area contributed by atoms with Gasteiger partial charge in [-0.25, -0.2) is 9.18 Å². The summed E-state index contributed by atoms with van der Waals surface area (Å²) in [6, 6.07) is 4.93. The molecule has 0 aliphatic rings. The molecule has 0 unspecified atom stereocenters. The van der Waals surface area contributed by atoms with E-state index < -0.39 is 17.6 Å². The molecule has 0 aromatic heterocycles. The van der Waals surface area contributed by atoms with Gasteiger partial charge in [0.2, 0.25) is 0 Å². The number of ketones is 1. The number of carboxylic acids is 1. The highest BCUT2D eigenvalue weighted by Crippen LogP contribution is 2.16. The molecular formula is C12H11FO4. The number of rotatable bonds is 5. The average Bonchev–Trinajstić information content (AvgIpc) is 2.31. The zero-order valence-corrected chi connectivity index (χ0v) is 9.14. The maximum Gasteiger partial charge on any atom is 0.377 e. The molecule has 5 heteroatoms. The Kier molecular flexibility index (Phi) is 4.39. The van der Waals surface area contributed by atoms with Crippen LogP contribution in [0.5, 0.6) is 0 Å². The van der Waals surface area contributed by atoms with E-state index >= 15 is 0 Å². The van der Waals surface area contributed by atoms with Gasteiger partial charge in [0.15, 0.2) is 0 Å². The molecule has 1 aromatic carbocycles. The van der Waals surface area contributed by atoms with Gasteiger partial charge in [-0.15, -0.1) is 0 Å². The molecule has 90 valence electrons. The van der Waals surface area contributed by atoms with Gasteiger partial charge < -0.3 is 9.84 Å².